The van der Waals surface area contributed by atoms with Gasteiger partial charge in [-0.3, -0.25) is 14.3 Å². The summed E-state index contributed by atoms with van der Waals surface area (Å²) in [6.45, 7) is 11.3. The first kappa shape index (κ1) is 24.0. The van der Waals surface area contributed by atoms with E-state index >= 15 is 0 Å². The quantitative estimate of drug-likeness (QED) is 0.673. The molecule has 2 aromatic rings. The van der Waals surface area contributed by atoms with Crippen LogP contribution in [-0.2, 0) is 28.9 Å². The third-order valence-electron chi connectivity index (χ3n) is 7.91. The highest BCUT2D eigenvalue weighted by atomic mass is 16.5. The maximum Gasteiger partial charge on any atom is 0.274 e. The number of ether oxygens (including phenoxy) is 1. The topological polar surface area (TPSA) is 67.7 Å². The molecule has 1 aromatic carbocycles. The molecular formula is C28H38N4O3. The summed E-state index contributed by atoms with van der Waals surface area (Å²) in [7, 11) is 0. The van der Waals surface area contributed by atoms with Crippen molar-refractivity contribution < 1.29 is 14.3 Å². The number of benzene rings is 1. The summed E-state index contributed by atoms with van der Waals surface area (Å²) in [6, 6.07) is 6.70. The average molecular weight is 479 g/mol. The summed E-state index contributed by atoms with van der Waals surface area (Å²) < 4.78 is 7.62. The highest BCUT2D eigenvalue weighted by molar-refractivity contribution is 5.94. The molecule has 7 nitrogen and oxygen atoms in total. The Balaban J connectivity index is 1.25. The second kappa shape index (κ2) is 9.76. The highest BCUT2D eigenvalue weighted by Gasteiger charge is 2.33. The number of rotatable bonds is 4. The molecule has 3 aliphatic rings. The van der Waals surface area contributed by atoms with E-state index in [9.17, 15) is 9.59 Å². The Morgan fingerprint density at radius 1 is 1.03 bits per heavy atom. The number of nitrogens with zero attached hydrogens (tertiary/aromatic N) is 4. The number of likely N-dealkylation sites (tertiary alicyclic amines) is 1. The van der Waals surface area contributed by atoms with Crippen LogP contribution in [0.25, 0.3) is 0 Å². The van der Waals surface area contributed by atoms with Crippen molar-refractivity contribution in [1.82, 2.24) is 19.6 Å². The fraction of sp³-hybridized carbons (Fsp3) is 0.607. The molecule has 0 N–H and O–H groups in total. The molecule has 1 aliphatic carbocycles. The normalized spacial score (nSPS) is 23.0. The molecule has 0 unspecified atom stereocenters. The zero-order valence-corrected chi connectivity index (χ0v) is 21.5. The zero-order chi connectivity index (χ0) is 24.7. The van der Waals surface area contributed by atoms with Crippen LogP contribution in [0.3, 0.4) is 0 Å². The van der Waals surface area contributed by atoms with Gasteiger partial charge in [0, 0.05) is 37.4 Å². The maximum atomic E-state index is 13.4. The molecule has 2 saturated heterocycles. The molecular weight excluding hydrogens is 440 g/mol. The first-order valence-corrected chi connectivity index (χ1v) is 13.2. The number of carbonyl (C=O) groups excluding carboxylic acids is 2. The third-order valence-corrected chi connectivity index (χ3v) is 7.91. The number of amides is 2. The molecule has 0 spiro atoms. The molecule has 2 atom stereocenters. The van der Waals surface area contributed by atoms with Gasteiger partial charge in [-0.05, 0) is 76.8 Å². The Morgan fingerprint density at radius 3 is 2.43 bits per heavy atom. The SMILES string of the molecule is Cc1ccc(C2CCN(C(=O)Cn3nc(C(=O)N4C[C@@H](C)O[C@@H](C)C4)c4c3CCC4)CC2)c(C)c1. The first-order valence-electron chi connectivity index (χ1n) is 13.2. The van der Waals surface area contributed by atoms with E-state index in [-0.39, 0.29) is 30.6 Å². The van der Waals surface area contributed by atoms with Crippen LogP contribution < -0.4 is 0 Å². The molecule has 2 amide bonds. The van der Waals surface area contributed by atoms with Crippen LogP contribution in [0.15, 0.2) is 18.2 Å². The minimum Gasteiger partial charge on any atom is -0.372 e. The fourth-order valence-corrected chi connectivity index (χ4v) is 6.26. The van der Waals surface area contributed by atoms with E-state index in [4.69, 9.17) is 9.84 Å². The number of hydrogen-bond donors (Lipinski definition) is 0. The van der Waals surface area contributed by atoms with Crippen molar-refractivity contribution in [3.63, 3.8) is 0 Å². The maximum absolute atomic E-state index is 13.4. The van der Waals surface area contributed by atoms with E-state index in [1.807, 2.05) is 28.3 Å². The number of morpholine rings is 1. The lowest BCUT2D eigenvalue weighted by Gasteiger charge is -2.35. The van der Waals surface area contributed by atoms with Crippen LogP contribution in [-0.4, -0.2) is 69.8 Å². The smallest absolute Gasteiger partial charge is 0.274 e. The van der Waals surface area contributed by atoms with E-state index < -0.39 is 0 Å². The minimum atomic E-state index is -0.0226. The Morgan fingerprint density at radius 2 is 1.74 bits per heavy atom. The van der Waals surface area contributed by atoms with Gasteiger partial charge in [0.25, 0.3) is 5.91 Å². The largest absolute Gasteiger partial charge is 0.372 e. The predicted molar refractivity (Wildman–Crippen MR) is 135 cm³/mol. The van der Waals surface area contributed by atoms with Gasteiger partial charge < -0.3 is 14.5 Å². The predicted octanol–water partition coefficient (Wildman–Crippen LogP) is 3.64. The van der Waals surface area contributed by atoms with Crippen LogP contribution >= 0.6 is 0 Å². The molecule has 188 valence electrons. The van der Waals surface area contributed by atoms with Crippen molar-refractivity contribution in [2.75, 3.05) is 26.2 Å². The van der Waals surface area contributed by atoms with Crippen molar-refractivity contribution in [3.8, 4) is 0 Å². The van der Waals surface area contributed by atoms with Crippen LogP contribution in [0.2, 0.25) is 0 Å². The highest BCUT2D eigenvalue weighted by Crippen LogP contribution is 2.31. The molecule has 0 radical (unpaired) electrons. The Kier molecular flexibility index (Phi) is 6.71. The summed E-state index contributed by atoms with van der Waals surface area (Å²) in [4.78, 5) is 30.5. The molecule has 35 heavy (non-hydrogen) atoms. The van der Waals surface area contributed by atoms with Crippen molar-refractivity contribution in [3.05, 3.63) is 51.8 Å². The average Bonchev–Trinajstić information content (AvgIpc) is 3.42. The van der Waals surface area contributed by atoms with Crippen LogP contribution in [0.4, 0.5) is 0 Å². The van der Waals surface area contributed by atoms with Gasteiger partial charge in [0.2, 0.25) is 5.91 Å². The Bertz CT molecular complexity index is 1110. The minimum absolute atomic E-state index is 0.0195. The van der Waals surface area contributed by atoms with E-state index in [1.165, 1.54) is 16.7 Å². The summed E-state index contributed by atoms with van der Waals surface area (Å²) in [6.07, 6.45) is 4.78. The summed E-state index contributed by atoms with van der Waals surface area (Å²) in [5, 5.41) is 4.71. The molecule has 0 saturated carbocycles. The van der Waals surface area contributed by atoms with Gasteiger partial charge in [-0.2, -0.15) is 5.10 Å². The number of hydrogen-bond acceptors (Lipinski definition) is 4. The second-order valence-corrected chi connectivity index (χ2v) is 10.8. The third kappa shape index (κ3) is 4.88. The molecule has 3 heterocycles. The van der Waals surface area contributed by atoms with E-state index in [0.29, 0.717) is 24.7 Å². The Labute approximate surface area is 208 Å². The van der Waals surface area contributed by atoms with Crippen LogP contribution in [0.5, 0.6) is 0 Å². The number of aryl methyl sites for hydroxylation is 2. The van der Waals surface area contributed by atoms with Crippen molar-refractivity contribution in [2.24, 2.45) is 0 Å². The number of fused-ring (bicyclic) bond motifs is 1. The van der Waals surface area contributed by atoms with Gasteiger partial charge >= 0.3 is 0 Å². The van der Waals surface area contributed by atoms with E-state index in [2.05, 4.69) is 32.0 Å². The van der Waals surface area contributed by atoms with Gasteiger partial charge in [-0.15, -0.1) is 0 Å². The summed E-state index contributed by atoms with van der Waals surface area (Å²) in [5.41, 5.74) is 6.72. The molecule has 7 heteroatoms. The van der Waals surface area contributed by atoms with Gasteiger partial charge in [0.1, 0.15) is 6.54 Å². The molecule has 1 aromatic heterocycles. The zero-order valence-electron chi connectivity index (χ0n) is 21.5. The van der Waals surface area contributed by atoms with E-state index in [1.54, 1.807) is 0 Å². The Hall–Kier alpha value is -2.67. The lowest BCUT2D eigenvalue weighted by molar-refractivity contribution is -0.133. The van der Waals surface area contributed by atoms with E-state index in [0.717, 1.165) is 56.5 Å². The van der Waals surface area contributed by atoms with Crippen molar-refractivity contribution in [1.29, 1.82) is 0 Å². The van der Waals surface area contributed by atoms with Crippen molar-refractivity contribution in [2.45, 2.75) is 84.5 Å². The number of aromatic nitrogens is 2. The number of carbonyl (C=O) groups is 2. The summed E-state index contributed by atoms with van der Waals surface area (Å²) >= 11 is 0. The fourth-order valence-electron chi connectivity index (χ4n) is 6.26. The van der Waals surface area contributed by atoms with Gasteiger partial charge in [-0.1, -0.05) is 23.8 Å². The molecule has 0 bridgehead atoms. The lowest BCUT2D eigenvalue weighted by Crippen LogP contribution is -2.48. The van der Waals surface area contributed by atoms with Crippen LogP contribution in [0, 0.1) is 13.8 Å². The second-order valence-electron chi connectivity index (χ2n) is 10.8. The van der Waals surface area contributed by atoms with Gasteiger partial charge in [-0.25, -0.2) is 0 Å². The monoisotopic (exact) mass is 478 g/mol. The molecule has 2 aliphatic heterocycles. The molecule has 5 rings (SSSR count). The number of piperidine rings is 1. The van der Waals surface area contributed by atoms with Gasteiger partial charge in [0.15, 0.2) is 5.69 Å². The lowest BCUT2D eigenvalue weighted by atomic mass is 9.86. The molecule has 2 fully saturated rings. The first-order chi connectivity index (χ1) is 16.8. The standard InChI is InChI=1S/C28H38N4O3/c1-18-8-9-23(19(2)14-18)22-10-12-30(13-11-22)26(33)17-32-25-7-5-6-24(25)27(29-32)28(34)31-15-20(3)35-21(4)16-31/h8-9,14,20-22H,5-7,10-13,15-17H2,1-4H3/t20-,21+. The summed E-state index contributed by atoms with van der Waals surface area (Å²) in [5.74, 6) is 0.593. The van der Waals surface area contributed by atoms with Crippen LogP contribution in [0.1, 0.15) is 77.5 Å². The van der Waals surface area contributed by atoms with Crippen molar-refractivity contribution >= 4 is 11.8 Å². The van der Waals surface area contributed by atoms with Gasteiger partial charge in [0.05, 0.1) is 12.2 Å².